The number of benzene rings is 2. The summed E-state index contributed by atoms with van der Waals surface area (Å²) in [6, 6.07) is 11.4. The molecule has 0 spiro atoms. The summed E-state index contributed by atoms with van der Waals surface area (Å²) in [4.78, 5) is 28.6. The van der Waals surface area contributed by atoms with Crippen LogP contribution in [0.4, 0.5) is 10.8 Å². The van der Waals surface area contributed by atoms with Gasteiger partial charge in [-0.1, -0.05) is 17.7 Å². The van der Waals surface area contributed by atoms with Crippen molar-refractivity contribution in [1.82, 2.24) is 4.98 Å². The second kappa shape index (κ2) is 7.99. The highest BCUT2D eigenvalue weighted by Gasteiger charge is 2.12. The fourth-order valence-electron chi connectivity index (χ4n) is 2.20. The Labute approximate surface area is 158 Å². The Morgan fingerprint density at radius 2 is 1.85 bits per heavy atom. The average molecular weight is 388 g/mol. The topological polar surface area (TPSA) is 80.3 Å². The molecule has 0 saturated heterocycles. The number of methoxy groups -OCH3 is 1. The van der Waals surface area contributed by atoms with E-state index in [9.17, 15) is 9.59 Å². The summed E-state index contributed by atoms with van der Waals surface area (Å²) in [6.07, 6.45) is 1.61. The van der Waals surface area contributed by atoms with Crippen LogP contribution >= 0.6 is 22.9 Å². The minimum Gasteiger partial charge on any atom is -0.495 e. The van der Waals surface area contributed by atoms with Gasteiger partial charge in [0.05, 0.1) is 12.1 Å². The number of thiazole rings is 1. The van der Waals surface area contributed by atoms with Crippen molar-refractivity contribution in [2.24, 2.45) is 0 Å². The monoisotopic (exact) mass is 387 g/mol. The van der Waals surface area contributed by atoms with Crippen LogP contribution in [-0.2, 0) is 0 Å². The third kappa shape index (κ3) is 4.19. The van der Waals surface area contributed by atoms with Crippen LogP contribution in [0.25, 0.3) is 0 Å². The van der Waals surface area contributed by atoms with Crippen LogP contribution in [0.1, 0.15) is 20.7 Å². The molecule has 2 amide bonds. The number of carbonyl (C=O) groups excluding carboxylic acids is 2. The van der Waals surface area contributed by atoms with Crippen molar-refractivity contribution < 1.29 is 14.3 Å². The number of hydrogen-bond donors (Lipinski definition) is 2. The number of halogens is 1. The average Bonchev–Trinajstić information content (AvgIpc) is 3.14. The number of aromatic nitrogens is 1. The Morgan fingerprint density at radius 1 is 1.08 bits per heavy atom. The number of ether oxygens (including phenoxy) is 1. The molecule has 0 unspecified atom stereocenters. The van der Waals surface area contributed by atoms with Gasteiger partial charge < -0.3 is 10.1 Å². The molecule has 6 nitrogen and oxygen atoms in total. The van der Waals surface area contributed by atoms with Crippen molar-refractivity contribution in [2.45, 2.75) is 0 Å². The van der Waals surface area contributed by atoms with E-state index in [1.54, 1.807) is 48.0 Å². The van der Waals surface area contributed by atoms with E-state index in [0.29, 0.717) is 32.7 Å². The Balaban J connectivity index is 1.73. The predicted molar refractivity (Wildman–Crippen MR) is 102 cm³/mol. The van der Waals surface area contributed by atoms with Crippen LogP contribution in [0, 0.1) is 0 Å². The van der Waals surface area contributed by atoms with Crippen molar-refractivity contribution >= 4 is 45.6 Å². The number of nitrogens with one attached hydrogen (secondary N) is 2. The first-order chi connectivity index (χ1) is 12.6. The smallest absolute Gasteiger partial charge is 0.257 e. The number of hydrogen-bond acceptors (Lipinski definition) is 5. The van der Waals surface area contributed by atoms with E-state index in [1.807, 2.05) is 0 Å². The first kappa shape index (κ1) is 17.9. The van der Waals surface area contributed by atoms with Crippen LogP contribution in [0.3, 0.4) is 0 Å². The molecule has 26 heavy (non-hydrogen) atoms. The molecule has 0 saturated carbocycles. The number of carbonyl (C=O) groups is 2. The van der Waals surface area contributed by atoms with E-state index < -0.39 is 0 Å². The molecule has 0 radical (unpaired) electrons. The normalized spacial score (nSPS) is 10.2. The number of anilines is 2. The summed E-state index contributed by atoms with van der Waals surface area (Å²) in [6.45, 7) is 0. The van der Waals surface area contributed by atoms with Gasteiger partial charge in [-0.05, 0) is 36.4 Å². The van der Waals surface area contributed by atoms with Crippen molar-refractivity contribution in [2.75, 3.05) is 17.7 Å². The highest BCUT2D eigenvalue weighted by atomic mass is 35.5. The second-order valence-electron chi connectivity index (χ2n) is 5.18. The minimum atomic E-state index is -0.341. The van der Waals surface area contributed by atoms with Crippen molar-refractivity contribution in [1.29, 1.82) is 0 Å². The summed E-state index contributed by atoms with van der Waals surface area (Å²) in [5, 5.41) is 8.07. The van der Waals surface area contributed by atoms with E-state index in [-0.39, 0.29) is 11.8 Å². The van der Waals surface area contributed by atoms with Crippen molar-refractivity contribution in [3.63, 3.8) is 0 Å². The molecule has 0 bridgehead atoms. The lowest BCUT2D eigenvalue weighted by Gasteiger charge is -2.09. The standard InChI is InChI=1S/C18H14ClN3O3S/c1-25-15-6-5-12(10-14(15)19)16(23)21-13-4-2-3-11(9-13)17(24)22-18-20-7-8-26-18/h2-10H,1H3,(H,21,23)(H,20,22,24). The van der Waals surface area contributed by atoms with E-state index in [2.05, 4.69) is 15.6 Å². The number of rotatable bonds is 5. The Kier molecular flexibility index (Phi) is 5.50. The molecule has 3 rings (SSSR count). The number of amides is 2. The van der Waals surface area contributed by atoms with Gasteiger partial charge in [0, 0.05) is 28.4 Å². The molecular weight excluding hydrogens is 374 g/mol. The molecule has 0 aliphatic heterocycles. The van der Waals surface area contributed by atoms with Gasteiger partial charge in [-0.15, -0.1) is 11.3 Å². The van der Waals surface area contributed by atoms with Crippen LogP contribution in [-0.4, -0.2) is 23.9 Å². The lowest BCUT2D eigenvalue weighted by molar-refractivity contribution is 0.101. The van der Waals surface area contributed by atoms with Gasteiger partial charge in [-0.3, -0.25) is 14.9 Å². The quantitative estimate of drug-likeness (QED) is 0.683. The summed E-state index contributed by atoms with van der Waals surface area (Å²) in [5.41, 5.74) is 1.29. The highest BCUT2D eigenvalue weighted by molar-refractivity contribution is 7.13. The Morgan fingerprint density at radius 3 is 2.54 bits per heavy atom. The largest absolute Gasteiger partial charge is 0.495 e. The fourth-order valence-corrected chi connectivity index (χ4v) is 2.99. The molecule has 2 aromatic carbocycles. The Hall–Kier alpha value is -2.90. The van der Waals surface area contributed by atoms with Crippen LogP contribution < -0.4 is 15.4 Å². The summed E-state index contributed by atoms with van der Waals surface area (Å²) in [7, 11) is 1.50. The Bertz CT molecular complexity index is 945. The third-order valence-electron chi connectivity index (χ3n) is 3.45. The lowest BCUT2D eigenvalue weighted by atomic mass is 10.1. The minimum absolute atomic E-state index is 0.302. The van der Waals surface area contributed by atoms with Crippen molar-refractivity contribution in [3.05, 3.63) is 70.2 Å². The zero-order valence-corrected chi connectivity index (χ0v) is 15.2. The van der Waals surface area contributed by atoms with Crippen molar-refractivity contribution in [3.8, 4) is 5.75 Å². The van der Waals surface area contributed by atoms with E-state index in [1.165, 1.54) is 24.5 Å². The maximum atomic E-state index is 12.4. The molecule has 0 aliphatic carbocycles. The van der Waals surface area contributed by atoms with Gasteiger partial charge in [0.25, 0.3) is 11.8 Å². The second-order valence-corrected chi connectivity index (χ2v) is 6.48. The molecule has 132 valence electrons. The van der Waals surface area contributed by atoms with E-state index in [4.69, 9.17) is 16.3 Å². The molecule has 1 aromatic heterocycles. The molecule has 8 heteroatoms. The maximum absolute atomic E-state index is 12.4. The summed E-state index contributed by atoms with van der Waals surface area (Å²) < 4.78 is 5.07. The number of nitrogens with zero attached hydrogens (tertiary/aromatic N) is 1. The molecule has 2 N–H and O–H groups in total. The van der Waals surface area contributed by atoms with Crippen LogP contribution in [0.2, 0.25) is 5.02 Å². The molecule has 0 atom stereocenters. The van der Waals surface area contributed by atoms with Gasteiger partial charge >= 0.3 is 0 Å². The predicted octanol–water partition coefficient (Wildman–Crippen LogP) is 4.31. The van der Waals surface area contributed by atoms with Gasteiger partial charge in [0.2, 0.25) is 0 Å². The SMILES string of the molecule is COc1ccc(C(=O)Nc2cccc(C(=O)Nc3nccs3)c2)cc1Cl. The van der Waals surface area contributed by atoms with Gasteiger partial charge in [-0.25, -0.2) is 4.98 Å². The van der Waals surface area contributed by atoms with Gasteiger partial charge in [0.1, 0.15) is 5.75 Å². The van der Waals surface area contributed by atoms with Crippen LogP contribution in [0.5, 0.6) is 5.75 Å². The lowest BCUT2D eigenvalue weighted by Crippen LogP contribution is -2.14. The molecule has 0 fully saturated rings. The maximum Gasteiger partial charge on any atom is 0.257 e. The van der Waals surface area contributed by atoms with E-state index >= 15 is 0 Å². The van der Waals surface area contributed by atoms with E-state index in [0.717, 1.165) is 0 Å². The third-order valence-corrected chi connectivity index (χ3v) is 4.43. The zero-order chi connectivity index (χ0) is 18.5. The van der Waals surface area contributed by atoms with Gasteiger partial charge in [0.15, 0.2) is 5.13 Å². The summed E-state index contributed by atoms with van der Waals surface area (Å²) in [5.74, 6) is -0.153. The van der Waals surface area contributed by atoms with Gasteiger partial charge in [-0.2, -0.15) is 0 Å². The molecule has 0 aliphatic rings. The van der Waals surface area contributed by atoms with Crippen LogP contribution in [0.15, 0.2) is 54.0 Å². The fraction of sp³-hybridized carbons (Fsp3) is 0.0556. The summed E-state index contributed by atoms with van der Waals surface area (Å²) >= 11 is 7.37. The highest BCUT2D eigenvalue weighted by Crippen LogP contribution is 2.25. The first-order valence-corrected chi connectivity index (χ1v) is 8.78. The molecule has 3 aromatic rings. The first-order valence-electron chi connectivity index (χ1n) is 7.52. The molecule has 1 heterocycles. The molecular formula is C18H14ClN3O3S. The zero-order valence-electron chi connectivity index (χ0n) is 13.7.